The van der Waals surface area contributed by atoms with Gasteiger partial charge in [0.2, 0.25) is 0 Å². The van der Waals surface area contributed by atoms with Crippen LogP contribution in [0.25, 0.3) is 16.6 Å². The van der Waals surface area contributed by atoms with Gasteiger partial charge in [0.1, 0.15) is 0 Å². The van der Waals surface area contributed by atoms with Gasteiger partial charge in [-0.2, -0.15) is 0 Å². The lowest BCUT2D eigenvalue weighted by atomic mass is 10.3. The molecule has 0 saturated heterocycles. The Balaban J connectivity index is 2.57. The van der Waals surface area contributed by atoms with Crippen molar-refractivity contribution in [3.63, 3.8) is 0 Å². The average Bonchev–Trinajstić information content (AvgIpc) is 2.68. The molecule has 3 rings (SSSR count). The minimum Gasteiger partial charge on any atom is -0.313 e. The lowest BCUT2D eigenvalue weighted by Crippen LogP contribution is -1.89. The summed E-state index contributed by atoms with van der Waals surface area (Å²) in [6.07, 6.45) is 3.79. The lowest BCUT2D eigenvalue weighted by molar-refractivity contribution is 1.23. The number of benzene rings is 1. The highest BCUT2D eigenvalue weighted by Gasteiger charge is 2.04. The van der Waals surface area contributed by atoms with Crippen LogP contribution >= 0.6 is 23.2 Å². The van der Waals surface area contributed by atoms with E-state index in [1.54, 1.807) is 6.07 Å². The minimum absolute atomic E-state index is 0.531. The average molecular weight is 237 g/mol. The molecule has 0 spiro atoms. The van der Waals surface area contributed by atoms with Crippen molar-refractivity contribution in [3.8, 4) is 0 Å². The highest BCUT2D eigenvalue weighted by Crippen LogP contribution is 2.27. The normalized spacial score (nSPS) is 11.3. The van der Waals surface area contributed by atoms with Crippen molar-refractivity contribution in [2.75, 3.05) is 0 Å². The Bertz CT molecular complexity index is 658. The predicted molar refractivity (Wildman–Crippen MR) is 62.7 cm³/mol. The first-order chi connectivity index (χ1) is 7.25. The Morgan fingerprint density at radius 1 is 1.13 bits per heavy atom. The second-order valence-corrected chi connectivity index (χ2v) is 4.13. The van der Waals surface area contributed by atoms with Gasteiger partial charge in [0.05, 0.1) is 32.8 Å². The fraction of sp³-hybridized carbons (Fsp3) is 0. The third-order valence-electron chi connectivity index (χ3n) is 2.39. The molecule has 4 heteroatoms. The monoisotopic (exact) mass is 236 g/mol. The number of rotatable bonds is 0. The van der Waals surface area contributed by atoms with Crippen molar-refractivity contribution in [3.05, 3.63) is 46.7 Å². The molecular weight excluding hydrogens is 231 g/mol. The Kier molecular flexibility index (Phi) is 1.87. The fourth-order valence-corrected chi connectivity index (χ4v) is 1.99. The van der Waals surface area contributed by atoms with E-state index in [-0.39, 0.29) is 0 Å². The summed E-state index contributed by atoms with van der Waals surface area (Å²) in [7, 11) is 0. The van der Waals surface area contributed by atoms with Gasteiger partial charge in [-0.05, 0) is 24.3 Å². The summed E-state index contributed by atoms with van der Waals surface area (Å²) in [6.45, 7) is 0. The summed E-state index contributed by atoms with van der Waals surface area (Å²) < 4.78 is 2.03. The van der Waals surface area contributed by atoms with E-state index < -0.39 is 0 Å². The van der Waals surface area contributed by atoms with Crippen molar-refractivity contribution in [1.82, 2.24) is 9.38 Å². The van der Waals surface area contributed by atoms with Crippen LogP contribution in [0.1, 0.15) is 0 Å². The van der Waals surface area contributed by atoms with Crippen LogP contribution < -0.4 is 0 Å². The van der Waals surface area contributed by atoms with Crippen LogP contribution in [0.5, 0.6) is 0 Å². The number of aromatic nitrogens is 2. The number of halogens is 2. The Morgan fingerprint density at radius 2 is 1.93 bits per heavy atom. The van der Waals surface area contributed by atoms with Gasteiger partial charge in [0.25, 0.3) is 0 Å². The van der Waals surface area contributed by atoms with Gasteiger partial charge >= 0.3 is 0 Å². The Hall–Kier alpha value is -1.25. The summed E-state index contributed by atoms with van der Waals surface area (Å²) in [6, 6.07) is 7.58. The molecule has 0 unspecified atom stereocenters. The van der Waals surface area contributed by atoms with E-state index in [9.17, 15) is 0 Å². The van der Waals surface area contributed by atoms with E-state index in [1.807, 2.05) is 35.0 Å². The van der Waals surface area contributed by atoms with E-state index in [1.165, 1.54) is 0 Å². The topological polar surface area (TPSA) is 17.3 Å². The molecular formula is C11H6Cl2N2. The molecule has 0 aliphatic heterocycles. The molecule has 2 aromatic heterocycles. The summed E-state index contributed by atoms with van der Waals surface area (Å²) in [5.74, 6) is 0. The maximum Gasteiger partial charge on any atom is 0.0886 e. The zero-order valence-corrected chi connectivity index (χ0v) is 9.13. The first-order valence-electron chi connectivity index (χ1n) is 4.46. The molecule has 0 fully saturated rings. The molecule has 0 aliphatic rings. The van der Waals surface area contributed by atoms with Crippen molar-refractivity contribution in [1.29, 1.82) is 0 Å². The Morgan fingerprint density at radius 3 is 2.80 bits per heavy atom. The smallest absolute Gasteiger partial charge is 0.0886 e. The Labute approximate surface area is 96.1 Å². The molecule has 1 aromatic carbocycles. The van der Waals surface area contributed by atoms with E-state index in [0.717, 1.165) is 16.6 Å². The maximum atomic E-state index is 5.98. The van der Waals surface area contributed by atoms with E-state index in [4.69, 9.17) is 23.2 Å². The SMILES string of the molecule is Clc1cc2ncc3cccn3c2cc1Cl. The summed E-state index contributed by atoms with van der Waals surface area (Å²) >= 11 is 11.9. The zero-order valence-electron chi connectivity index (χ0n) is 7.61. The largest absolute Gasteiger partial charge is 0.313 e. The van der Waals surface area contributed by atoms with Crippen molar-refractivity contribution < 1.29 is 0 Å². The fourth-order valence-electron chi connectivity index (χ4n) is 1.68. The van der Waals surface area contributed by atoms with Gasteiger partial charge in [-0.1, -0.05) is 23.2 Å². The number of fused-ring (bicyclic) bond motifs is 3. The van der Waals surface area contributed by atoms with E-state index >= 15 is 0 Å². The summed E-state index contributed by atoms with van der Waals surface area (Å²) in [5.41, 5.74) is 2.85. The van der Waals surface area contributed by atoms with E-state index in [0.29, 0.717) is 10.0 Å². The molecule has 15 heavy (non-hydrogen) atoms. The van der Waals surface area contributed by atoms with Gasteiger partial charge in [0, 0.05) is 6.20 Å². The van der Waals surface area contributed by atoms with Crippen molar-refractivity contribution in [2.45, 2.75) is 0 Å². The molecule has 0 aliphatic carbocycles. The first kappa shape index (κ1) is 9.01. The lowest BCUT2D eigenvalue weighted by Gasteiger charge is -2.03. The second kappa shape index (κ2) is 3.12. The van der Waals surface area contributed by atoms with Crippen molar-refractivity contribution >= 4 is 39.8 Å². The summed E-state index contributed by atoms with van der Waals surface area (Å²) in [4.78, 5) is 4.32. The molecule has 0 atom stereocenters. The highest BCUT2D eigenvalue weighted by molar-refractivity contribution is 6.42. The third kappa shape index (κ3) is 1.29. The van der Waals surface area contributed by atoms with Crippen LogP contribution in [-0.4, -0.2) is 9.38 Å². The molecule has 2 heterocycles. The standard InChI is InChI=1S/C11H6Cl2N2/c12-8-4-10-11(5-9(8)13)15-3-1-2-7(15)6-14-10/h1-6H. The molecule has 0 radical (unpaired) electrons. The van der Waals surface area contributed by atoms with Crippen LogP contribution in [-0.2, 0) is 0 Å². The first-order valence-corrected chi connectivity index (χ1v) is 5.22. The quantitative estimate of drug-likeness (QED) is 0.581. The van der Waals surface area contributed by atoms with Crippen molar-refractivity contribution in [2.24, 2.45) is 0 Å². The molecule has 0 bridgehead atoms. The number of nitrogens with zero attached hydrogens (tertiary/aromatic N) is 2. The number of hydrogen-bond donors (Lipinski definition) is 0. The molecule has 0 amide bonds. The van der Waals surface area contributed by atoms with Gasteiger partial charge in [0.15, 0.2) is 0 Å². The van der Waals surface area contributed by atoms with Crippen LogP contribution in [0.4, 0.5) is 0 Å². The van der Waals surface area contributed by atoms with E-state index in [2.05, 4.69) is 4.98 Å². The van der Waals surface area contributed by atoms with Crippen LogP contribution in [0.3, 0.4) is 0 Å². The molecule has 3 aromatic rings. The maximum absolute atomic E-state index is 5.98. The zero-order chi connectivity index (χ0) is 10.4. The molecule has 0 saturated carbocycles. The van der Waals surface area contributed by atoms with Gasteiger partial charge in [-0.3, -0.25) is 4.98 Å². The highest BCUT2D eigenvalue weighted by atomic mass is 35.5. The number of hydrogen-bond acceptors (Lipinski definition) is 1. The summed E-state index contributed by atoms with van der Waals surface area (Å²) in [5, 5.41) is 1.08. The van der Waals surface area contributed by atoms with Crippen LogP contribution in [0, 0.1) is 0 Å². The van der Waals surface area contributed by atoms with Crippen LogP contribution in [0.2, 0.25) is 10.0 Å². The predicted octanol–water partition coefficient (Wildman–Crippen LogP) is 3.79. The molecule has 0 N–H and O–H groups in total. The third-order valence-corrected chi connectivity index (χ3v) is 3.12. The molecule has 2 nitrogen and oxygen atoms in total. The van der Waals surface area contributed by atoms with Gasteiger partial charge in [-0.15, -0.1) is 0 Å². The second-order valence-electron chi connectivity index (χ2n) is 3.32. The minimum atomic E-state index is 0.531. The van der Waals surface area contributed by atoms with Gasteiger partial charge < -0.3 is 4.40 Å². The molecule has 74 valence electrons. The van der Waals surface area contributed by atoms with Gasteiger partial charge in [-0.25, -0.2) is 0 Å². The van der Waals surface area contributed by atoms with Crippen LogP contribution in [0.15, 0.2) is 36.7 Å².